The van der Waals surface area contributed by atoms with Gasteiger partial charge in [-0.15, -0.1) is 0 Å². The van der Waals surface area contributed by atoms with Crippen LogP contribution in [0.1, 0.15) is 27.2 Å². The van der Waals surface area contributed by atoms with Gasteiger partial charge in [-0.1, -0.05) is 20.8 Å². The number of nitrogens with two attached hydrogens (primary N) is 1. The Morgan fingerprint density at radius 1 is 1.35 bits per heavy atom. The van der Waals surface area contributed by atoms with E-state index in [4.69, 9.17) is 5.84 Å². The first-order valence-corrected chi connectivity index (χ1v) is 7.27. The normalized spacial score (nSPS) is 24.8. The molecule has 1 saturated heterocycles. The van der Waals surface area contributed by atoms with Gasteiger partial charge in [0.25, 0.3) is 10.2 Å². The highest BCUT2D eigenvalue weighted by molar-refractivity contribution is 7.86. The van der Waals surface area contributed by atoms with E-state index in [1.165, 1.54) is 8.61 Å². The van der Waals surface area contributed by atoms with Gasteiger partial charge in [0.2, 0.25) is 0 Å². The van der Waals surface area contributed by atoms with Gasteiger partial charge in [0.15, 0.2) is 0 Å². The van der Waals surface area contributed by atoms with E-state index < -0.39 is 10.2 Å². The molecule has 0 unspecified atom stereocenters. The van der Waals surface area contributed by atoms with Gasteiger partial charge in [-0.25, -0.2) is 0 Å². The van der Waals surface area contributed by atoms with Crippen molar-refractivity contribution in [2.75, 3.05) is 26.7 Å². The lowest BCUT2D eigenvalue weighted by Gasteiger charge is -2.38. The zero-order valence-corrected chi connectivity index (χ0v) is 11.9. The summed E-state index contributed by atoms with van der Waals surface area (Å²) in [6.45, 7) is 7.69. The van der Waals surface area contributed by atoms with Crippen molar-refractivity contribution < 1.29 is 8.42 Å². The van der Waals surface area contributed by atoms with Crippen LogP contribution in [0.4, 0.5) is 0 Å². The molecule has 0 aliphatic carbocycles. The zero-order valence-electron chi connectivity index (χ0n) is 11.1. The lowest BCUT2D eigenvalue weighted by molar-refractivity contribution is 0.207. The van der Waals surface area contributed by atoms with E-state index in [0.717, 1.165) is 6.42 Å². The summed E-state index contributed by atoms with van der Waals surface area (Å²) in [6, 6.07) is -0.0659. The molecule has 1 heterocycles. The fourth-order valence-corrected chi connectivity index (χ4v) is 3.31. The Kier molecular flexibility index (Phi) is 4.54. The molecule has 6 nitrogen and oxygen atoms in total. The van der Waals surface area contributed by atoms with Crippen LogP contribution in [0.3, 0.4) is 0 Å². The van der Waals surface area contributed by atoms with Crippen LogP contribution in [0.15, 0.2) is 0 Å². The maximum Gasteiger partial charge on any atom is 0.281 e. The molecule has 102 valence electrons. The van der Waals surface area contributed by atoms with Crippen LogP contribution >= 0.6 is 0 Å². The van der Waals surface area contributed by atoms with Crippen LogP contribution in [0, 0.1) is 5.41 Å². The summed E-state index contributed by atoms with van der Waals surface area (Å²) in [7, 11) is -1.68. The zero-order chi connectivity index (χ0) is 13.3. The molecule has 1 atom stereocenters. The average Bonchev–Trinajstić information content (AvgIpc) is 2.18. The van der Waals surface area contributed by atoms with E-state index in [2.05, 4.69) is 5.43 Å². The molecule has 0 radical (unpaired) electrons. The monoisotopic (exact) mass is 264 g/mol. The Morgan fingerprint density at radius 2 is 1.94 bits per heavy atom. The van der Waals surface area contributed by atoms with Crippen molar-refractivity contribution in [1.29, 1.82) is 0 Å². The second kappa shape index (κ2) is 5.19. The summed E-state index contributed by atoms with van der Waals surface area (Å²) in [4.78, 5) is 0. The Morgan fingerprint density at radius 3 is 2.41 bits per heavy atom. The maximum atomic E-state index is 12.1. The highest BCUT2D eigenvalue weighted by atomic mass is 32.2. The molecule has 0 amide bonds. The first kappa shape index (κ1) is 14.8. The Labute approximate surface area is 104 Å². The van der Waals surface area contributed by atoms with Crippen molar-refractivity contribution in [3.63, 3.8) is 0 Å². The van der Waals surface area contributed by atoms with Gasteiger partial charge < -0.3 is 0 Å². The van der Waals surface area contributed by atoms with Gasteiger partial charge in [-0.3, -0.25) is 11.3 Å². The van der Waals surface area contributed by atoms with Crippen LogP contribution in [0.2, 0.25) is 0 Å². The molecule has 17 heavy (non-hydrogen) atoms. The van der Waals surface area contributed by atoms with Crippen LogP contribution in [-0.4, -0.2) is 49.8 Å². The van der Waals surface area contributed by atoms with E-state index in [1.54, 1.807) is 7.05 Å². The molecule has 1 rings (SSSR count). The van der Waals surface area contributed by atoms with Gasteiger partial charge in [-0.2, -0.15) is 17.0 Å². The first-order chi connectivity index (χ1) is 7.69. The minimum absolute atomic E-state index is 0.0659. The average molecular weight is 264 g/mol. The number of hydrazine groups is 1. The van der Waals surface area contributed by atoms with Crippen LogP contribution < -0.4 is 11.3 Å². The standard InChI is InChI=1S/C10H24N4O2S/c1-10(2,3)9(12-11)8-14-7-5-6-13(4)17(14,15)16/h9,12H,5-8,11H2,1-4H3/t9-/m1/s1. The molecule has 0 bridgehead atoms. The van der Waals surface area contributed by atoms with Crippen molar-refractivity contribution in [3.05, 3.63) is 0 Å². The van der Waals surface area contributed by atoms with Crippen molar-refractivity contribution in [2.24, 2.45) is 11.3 Å². The lowest BCUT2D eigenvalue weighted by Crippen LogP contribution is -2.56. The molecule has 1 aliphatic rings. The fraction of sp³-hybridized carbons (Fsp3) is 1.00. The lowest BCUT2D eigenvalue weighted by atomic mass is 9.87. The number of rotatable bonds is 3. The van der Waals surface area contributed by atoms with Crippen LogP contribution in [0.25, 0.3) is 0 Å². The molecule has 0 spiro atoms. The summed E-state index contributed by atoms with van der Waals surface area (Å²) in [5.41, 5.74) is 2.63. The van der Waals surface area contributed by atoms with Gasteiger partial charge in [-0.05, 0) is 11.8 Å². The second-order valence-electron chi connectivity index (χ2n) is 5.63. The third kappa shape index (κ3) is 3.38. The minimum Gasteiger partial charge on any atom is -0.271 e. The molecular formula is C10H24N4O2S. The summed E-state index contributed by atoms with van der Waals surface area (Å²) in [5, 5.41) is 0. The van der Waals surface area contributed by atoms with Crippen LogP contribution in [-0.2, 0) is 10.2 Å². The third-order valence-corrected chi connectivity index (χ3v) is 5.19. The largest absolute Gasteiger partial charge is 0.281 e. The van der Waals surface area contributed by atoms with Gasteiger partial charge in [0.05, 0.1) is 0 Å². The van der Waals surface area contributed by atoms with E-state index in [-0.39, 0.29) is 11.5 Å². The Bertz CT molecular complexity index is 350. The van der Waals surface area contributed by atoms with Gasteiger partial charge >= 0.3 is 0 Å². The Balaban J connectivity index is 2.80. The molecule has 3 N–H and O–H groups in total. The van der Waals surface area contributed by atoms with E-state index in [1.807, 2.05) is 20.8 Å². The first-order valence-electron chi connectivity index (χ1n) is 5.87. The molecular weight excluding hydrogens is 240 g/mol. The number of hydrogen-bond acceptors (Lipinski definition) is 4. The fourth-order valence-electron chi connectivity index (χ4n) is 1.86. The SMILES string of the molecule is CN1CCCN(C[C@@H](NN)C(C)(C)C)S1(=O)=O. The highest BCUT2D eigenvalue weighted by Gasteiger charge is 2.35. The minimum atomic E-state index is -3.30. The van der Waals surface area contributed by atoms with Crippen molar-refractivity contribution in [1.82, 2.24) is 14.0 Å². The van der Waals surface area contributed by atoms with E-state index in [0.29, 0.717) is 19.6 Å². The Hall–Kier alpha value is -0.210. The van der Waals surface area contributed by atoms with Crippen molar-refractivity contribution in [2.45, 2.75) is 33.2 Å². The van der Waals surface area contributed by atoms with Gasteiger partial charge in [0.1, 0.15) is 0 Å². The summed E-state index contributed by atoms with van der Waals surface area (Å²) >= 11 is 0. The summed E-state index contributed by atoms with van der Waals surface area (Å²) < 4.78 is 27.1. The van der Waals surface area contributed by atoms with Crippen LogP contribution in [0.5, 0.6) is 0 Å². The predicted octanol–water partition coefficient (Wildman–Crippen LogP) is -0.253. The molecule has 0 saturated carbocycles. The topological polar surface area (TPSA) is 78.7 Å². The molecule has 7 heteroatoms. The van der Waals surface area contributed by atoms with Crippen molar-refractivity contribution in [3.8, 4) is 0 Å². The van der Waals surface area contributed by atoms with Crippen molar-refractivity contribution >= 4 is 10.2 Å². The van der Waals surface area contributed by atoms with Gasteiger partial charge in [0, 0.05) is 32.7 Å². The number of nitrogens with zero attached hydrogens (tertiary/aromatic N) is 2. The maximum absolute atomic E-state index is 12.1. The molecule has 0 aromatic rings. The second-order valence-corrected chi connectivity index (χ2v) is 7.66. The third-order valence-electron chi connectivity index (χ3n) is 3.23. The highest BCUT2D eigenvalue weighted by Crippen LogP contribution is 2.22. The van der Waals surface area contributed by atoms with E-state index in [9.17, 15) is 8.42 Å². The molecule has 0 aromatic carbocycles. The molecule has 1 aliphatic heterocycles. The molecule has 1 fully saturated rings. The number of hydrogen-bond donors (Lipinski definition) is 2. The number of nitrogens with one attached hydrogen (secondary N) is 1. The summed E-state index contributed by atoms with van der Waals surface area (Å²) in [5.74, 6) is 5.51. The smallest absolute Gasteiger partial charge is 0.271 e. The predicted molar refractivity (Wildman–Crippen MR) is 68.3 cm³/mol. The summed E-state index contributed by atoms with van der Waals surface area (Å²) in [6.07, 6.45) is 0.858. The molecule has 0 aromatic heterocycles. The quantitative estimate of drug-likeness (QED) is 0.544. The van der Waals surface area contributed by atoms with E-state index >= 15 is 0 Å².